The highest BCUT2D eigenvalue weighted by molar-refractivity contribution is 6.35. The number of hydrazone groups is 1. The Labute approximate surface area is 202 Å². The van der Waals surface area contributed by atoms with Crippen molar-refractivity contribution in [2.24, 2.45) is 5.10 Å². The minimum atomic E-state index is -0.868. The predicted octanol–water partition coefficient (Wildman–Crippen LogP) is 3.43. The van der Waals surface area contributed by atoms with Crippen molar-refractivity contribution in [3.8, 4) is 5.75 Å². The average molecular weight is 479 g/mol. The topological polar surface area (TPSA) is 109 Å². The van der Waals surface area contributed by atoms with E-state index < -0.39 is 11.8 Å². The number of ether oxygens (including phenoxy) is 1. The van der Waals surface area contributed by atoms with Crippen molar-refractivity contribution in [1.29, 1.82) is 0 Å². The fourth-order valence-corrected chi connectivity index (χ4v) is 2.98. The number of anilines is 1. The van der Waals surface area contributed by atoms with Crippen molar-refractivity contribution in [3.05, 3.63) is 94.5 Å². The van der Waals surface area contributed by atoms with Crippen molar-refractivity contribution in [2.45, 2.75) is 13.5 Å². The normalized spacial score (nSPS) is 10.5. The van der Waals surface area contributed by atoms with Crippen LogP contribution in [0.15, 0.2) is 77.9 Å². The van der Waals surface area contributed by atoms with Gasteiger partial charge in [0.25, 0.3) is 5.91 Å². The summed E-state index contributed by atoms with van der Waals surface area (Å²) in [7, 11) is 0. The Morgan fingerprint density at radius 2 is 1.68 bits per heavy atom. The molecular formula is C25H23ClN4O4. The second-order valence-corrected chi connectivity index (χ2v) is 7.59. The van der Waals surface area contributed by atoms with Crippen LogP contribution in [0.2, 0.25) is 5.02 Å². The van der Waals surface area contributed by atoms with E-state index in [9.17, 15) is 14.4 Å². The van der Waals surface area contributed by atoms with Crippen LogP contribution in [0.25, 0.3) is 0 Å². The molecule has 3 N–H and O–H groups in total. The molecule has 0 bridgehead atoms. The first-order valence-corrected chi connectivity index (χ1v) is 10.7. The molecule has 174 valence electrons. The summed E-state index contributed by atoms with van der Waals surface area (Å²) in [5.41, 5.74) is 5.13. The van der Waals surface area contributed by atoms with E-state index >= 15 is 0 Å². The van der Waals surface area contributed by atoms with Crippen LogP contribution in [0.1, 0.15) is 16.7 Å². The van der Waals surface area contributed by atoms with Crippen LogP contribution in [0.5, 0.6) is 5.75 Å². The van der Waals surface area contributed by atoms with Gasteiger partial charge in [0.15, 0.2) is 6.61 Å². The first kappa shape index (κ1) is 24.5. The third-order valence-corrected chi connectivity index (χ3v) is 5.08. The Morgan fingerprint density at radius 3 is 2.41 bits per heavy atom. The van der Waals surface area contributed by atoms with Crippen LogP contribution in [0, 0.1) is 6.92 Å². The van der Waals surface area contributed by atoms with Gasteiger partial charge in [-0.25, -0.2) is 5.43 Å². The molecule has 8 nitrogen and oxygen atoms in total. The molecule has 0 atom stereocenters. The Bertz CT molecular complexity index is 1180. The lowest BCUT2D eigenvalue weighted by Gasteiger charge is -2.10. The van der Waals surface area contributed by atoms with Gasteiger partial charge in [-0.15, -0.1) is 0 Å². The van der Waals surface area contributed by atoms with E-state index in [2.05, 4.69) is 21.2 Å². The molecule has 0 aliphatic rings. The molecule has 0 aliphatic carbocycles. The van der Waals surface area contributed by atoms with Crippen molar-refractivity contribution < 1.29 is 19.1 Å². The molecule has 9 heteroatoms. The molecule has 0 fully saturated rings. The monoisotopic (exact) mass is 478 g/mol. The molecule has 0 radical (unpaired) electrons. The number of carbonyl (C=O) groups excluding carboxylic acids is 3. The number of halogens is 1. The fraction of sp³-hybridized carbons (Fsp3) is 0.120. The van der Waals surface area contributed by atoms with E-state index in [-0.39, 0.29) is 19.1 Å². The molecule has 0 aromatic heterocycles. The highest BCUT2D eigenvalue weighted by atomic mass is 35.5. The predicted molar refractivity (Wildman–Crippen MR) is 131 cm³/mol. The van der Waals surface area contributed by atoms with Gasteiger partial charge in [0.1, 0.15) is 5.75 Å². The number of nitrogens with one attached hydrogen (secondary N) is 3. The zero-order valence-corrected chi connectivity index (χ0v) is 19.1. The summed E-state index contributed by atoms with van der Waals surface area (Å²) >= 11 is 6.06. The largest absolute Gasteiger partial charge is 0.484 e. The molecule has 0 unspecified atom stereocenters. The Hall–Kier alpha value is -4.17. The lowest BCUT2D eigenvalue weighted by Crippen LogP contribution is -2.37. The Balaban J connectivity index is 1.41. The third kappa shape index (κ3) is 7.46. The van der Waals surface area contributed by atoms with Gasteiger partial charge in [0.05, 0.1) is 6.21 Å². The van der Waals surface area contributed by atoms with Crippen molar-refractivity contribution >= 4 is 41.2 Å². The van der Waals surface area contributed by atoms with Crippen LogP contribution in [-0.4, -0.2) is 30.5 Å². The van der Waals surface area contributed by atoms with Gasteiger partial charge in [0.2, 0.25) is 0 Å². The Morgan fingerprint density at radius 1 is 0.941 bits per heavy atom. The lowest BCUT2D eigenvalue weighted by atomic mass is 10.2. The number of hydrogen-bond donors (Lipinski definition) is 3. The third-order valence-electron chi connectivity index (χ3n) is 4.67. The molecule has 3 aromatic carbocycles. The van der Waals surface area contributed by atoms with Crippen molar-refractivity contribution in [2.75, 3.05) is 11.9 Å². The summed E-state index contributed by atoms with van der Waals surface area (Å²) in [4.78, 5) is 35.8. The molecule has 0 aliphatic heterocycles. The standard InChI is InChI=1S/C25H23ClN4O4/c1-17-21(26)8-5-9-22(17)29-23(31)16-34-20-12-10-19(11-13-20)15-28-30-25(33)24(32)27-14-18-6-3-2-4-7-18/h2-13,15H,14,16H2,1H3,(H,27,32)(H,29,31)(H,30,33)/b28-15-. The quantitative estimate of drug-likeness (QED) is 0.262. The lowest BCUT2D eigenvalue weighted by molar-refractivity contribution is -0.139. The van der Waals surface area contributed by atoms with Crippen LogP contribution in [0.3, 0.4) is 0 Å². The van der Waals surface area contributed by atoms with Crippen LogP contribution in [0.4, 0.5) is 5.69 Å². The number of benzene rings is 3. The molecular weight excluding hydrogens is 456 g/mol. The number of nitrogens with zero attached hydrogens (tertiary/aromatic N) is 1. The van der Waals surface area contributed by atoms with Gasteiger partial charge in [-0.1, -0.05) is 48.0 Å². The van der Waals surface area contributed by atoms with Gasteiger partial charge >= 0.3 is 11.8 Å². The van der Waals surface area contributed by atoms with Gasteiger partial charge in [-0.2, -0.15) is 5.10 Å². The molecule has 0 spiro atoms. The minimum Gasteiger partial charge on any atom is -0.484 e. The number of amides is 3. The van der Waals surface area contributed by atoms with E-state index in [1.807, 2.05) is 37.3 Å². The molecule has 34 heavy (non-hydrogen) atoms. The van der Waals surface area contributed by atoms with Crippen molar-refractivity contribution in [3.63, 3.8) is 0 Å². The minimum absolute atomic E-state index is 0.173. The number of carbonyl (C=O) groups is 3. The molecule has 3 rings (SSSR count). The van der Waals surface area contributed by atoms with E-state index in [1.54, 1.807) is 42.5 Å². The molecule has 3 aromatic rings. The van der Waals surface area contributed by atoms with E-state index in [4.69, 9.17) is 16.3 Å². The maximum Gasteiger partial charge on any atom is 0.329 e. The second-order valence-electron chi connectivity index (χ2n) is 7.19. The maximum absolute atomic E-state index is 12.1. The molecule has 0 saturated carbocycles. The van der Waals surface area contributed by atoms with Crippen molar-refractivity contribution in [1.82, 2.24) is 10.7 Å². The van der Waals surface area contributed by atoms with Gasteiger partial charge in [-0.3, -0.25) is 14.4 Å². The van der Waals surface area contributed by atoms with Gasteiger partial charge in [0, 0.05) is 17.3 Å². The fourth-order valence-electron chi connectivity index (χ4n) is 2.80. The first-order chi connectivity index (χ1) is 16.4. The van der Waals surface area contributed by atoms with E-state index in [0.717, 1.165) is 11.1 Å². The summed E-state index contributed by atoms with van der Waals surface area (Å²) in [6.45, 7) is 1.89. The van der Waals surface area contributed by atoms with Crippen LogP contribution in [-0.2, 0) is 20.9 Å². The summed E-state index contributed by atoms with van der Waals surface area (Å²) in [6, 6.07) is 21.2. The van der Waals surface area contributed by atoms with Gasteiger partial charge < -0.3 is 15.4 Å². The second kappa shape index (κ2) is 12.2. The van der Waals surface area contributed by atoms with Crippen LogP contribution >= 0.6 is 11.6 Å². The zero-order chi connectivity index (χ0) is 24.3. The van der Waals surface area contributed by atoms with E-state index in [0.29, 0.717) is 22.0 Å². The highest BCUT2D eigenvalue weighted by Crippen LogP contribution is 2.22. The average Bonchev–Trinajstić information content (AvgIpc) is 2.85. The summed E-state index contributed by atoms with van der Waals surface area (Å²) in [6.07, 6.45) is 1.39. The summed E-state index contributed by atoms with van der Waals surface area (Å²) in [5, 5.41) is 9.63. The zero-order valence-electron chi connectivity index (χ0n) is 18.4. The number of rotatable bonds is 8. The SMILES string of the molecule is Cc1c(Cl)cccc1NC(=O)COc1ccc(/C=N\NC(=O)C(=O)NCc2ccccc2)cc1. The molecule has 0 saturated heterocycles. The molecule has 0 heterocycles. The summed E-state index contributed by atoms with van der Waals surface area (Å²) in [5.74, 6) is -1.48. The maximum atomic E-state index is 12.1. The van der Waals surface area contributed by atoms with Crippen LogP contribution < -0.4 is 20.8 Å². The highest BCUT2D eigenvalue weighted by Gasteiger charge is 2.12. The molecule has 3 amide bonds. The number of hydrogen-bond acceptors (Lipinski definition) is 5. The first-order valence-electron chi connectivity index (χ1n) is 10.4. The Kier molecular flexibility index (Phi) is 8.76. The smallest absolute Gasteiger partial charge is 0.329 e. The van der Waals surface area contributed by atoms with Gasteiger partial charge in [-0.05, 0) is 60.0 Å². The summed E-state index contributed by atoms with van der Waals surface area (Å²) < 4.78 is 5.49. The van der Waals surface area contributed by atoms with E-state index in [1.165, 1.54) is 6.21 Å².